The number of phenolic OH excluding ortho intramolecular Hbond substituents is 1. The van der Waals surface area contributed by atoms with E-state index >= 15 is 0 Å². The zero-order chi connectivity index (χ0) is 13.2. The molecule has 7 heteroatoms. The molecular formula is C10H12N2O5. The number of hydrogen-bond acceptors (Lipinski definition) is 5. The highest BCUT2D eigenvalue weighted by Gasteiger charge is 2.22. The predicted octanol–water partition coefficient (Wildman–Crippen LogP) is 0.563. The average Bonchev–Trinajstić information content (AvgIpc) is 2.21. The molecule has 0 saturated heterocycles. The fraction of sp³-hybridized carbons (Fsp3) is 0.300. The van der Waals surface area contributed by atoms with Crippen molar-refractivity contribution in [2.75, 3.05) is 0 Å². The Bertz CT molecular complexity index is 472. The van der Waals surface area contributed by atoms with Gasteiger partial charge in [0.2, 0.25) is 0 Å². The number of aromatic hydroxyl groups is 1. The Balaban J connectivity index is 3.15. The largest absolute Gasteiger partial charge is 0.502 e. The number of benzene rings is 1. The number of nitrogens with two attached hydrogens (primary N) is 1. The molecule has 0 radical (unpaired) electrons. The van der Waals surface area contributed by atoms with E-state index in [0.717, 1.165) is 6.07 Å². The number of nitro groups is 1. The van der Waals surface area contributed by atoms with E-state index in [0.29, 0.717) is 5.56 Å². The smallest absolute Gasteiger partial charge is 0.320 e. The van der Waals surface area contributed by atoms with E-state index in [4.69, 9.17) is 10.8 Å². The molecule has 17 heavy (non-hydrogen) atoms. The summed E-state index contributed by atoms with van der Waals surface area (Å²) in [5, 5.41) is 28.7. The summed E-state index contributed by atoms with van der Waals surface area (Å²) < 4.78 is 0. The molecule has 0 aliphatic carbocycles. The maximum Gasteiger partial charge on any atom is 0.320 e. The zero-order valence-corrected chi connectivity index (χ0v) is 9.08. The number of aliphatic carboxylic acids is 1. The minimum absolute atomic E-state index is 0.0255. The van der Waals surface area contributed by atoms with Crippen LogP contribution >= 0.6 is 0 Å². The van der Waals surface area contributed by atoms with E-state index in [-0.39, 0.29) is 12.0 Å². The van der Waals surface area contributed by atoms with Crippen LogP contribution in [0.3, 0.4) is 0 Å². The molecule has 92 valence electrons. The van der Waals surface area contributed by atoms with Gasteiger partial charge in [-0.25, -0.2) is 0 Å². The SMILES string of the molecule is Cc1c(C[C@H](N)C(=O)O)ccc(O)c1[N+](=O)[O-]. The van der Waals surface area contributed by atoms with Crippen LogP contribution in [0.25, 0.3) is 0 Å². The maximum atomic E-state index is 10.7. The van der Waals surface area contributed by atoms with Gasteiger partial charge in [0.1, 0.15) is 6.04 Å². The third-order valence-corrected chi connectivity index (χ3v) is 2.46. The maximum absolute atomic E-state index is 10.7. The molecule has 0 aromatic heterocycles. The lowest BCUT2D eigenvalue weighted by atomic mass is 9.99. The molecule has 0 aliphatic rings. The molecule has 0 heterocycles. The van der Waals surface area contributed by atoms with Crippen LogP contribution in [0.5, 0.6) is 5.75 Å². The number of carboxylic acid groups (broad SMARTS) is 1. The summed E-state index contributed by atoms with van der Waals surface area (Å²) in [6.45, 7) is 1.45. The Morgan fingerprint density at radius 2 is 2.18 bits per heavy atom. The summed E-state index contributed by atoms with van der Waals surface area (Å²) in [5.41, 5.74) is 5.60. The Labute approximate surface area is 96.6 Å². The van der Waals surface area contributed by atoms with Gasteiger partial charge in [0.25, 0.3) is 0 Å². The molecule has 1 rings (SSSR count). The first-order valence-electron chi connectivity index (χ1n) is 4.78. The fourth-order valence-corrected chi connectivity index (χ4v) is 1.50. The summed E-state index contributed by atoms with van der Waals surface area (Å²) >= 11 is 0. The predicted molar refractivity (Wildman–Crippen MR) is 58.8 cm³/mol. The molecule has 1 atom stereocenters. The highest BCUT2D eigenvalue weighted by Crippen LogP contribution is 2.31. The van der Waals surface area contributed by atoms with E-state index < -0.39 is 28.4 Å². The van der Waals surface area contributed by atoms with Crippen LogP contribution in [0.4, 0.5) is 5.69 Å². The van der Waals surface area contributed by atoms with Gasteiger partial charge in [-0.3, -0.25) is 14.9 Å². The van der Waals surface area contributed by atoms with Crippen LogP contribution in [0, 0.1) is 17.0 Å². The van der Waals surface area contributed by atoms with Crippen molar-refractivity contribution in [1.82, 2.24) is 0 Å². The van der Waals surface area contributed by atoms with Gasteiger partial charge in [-0.15, -0.1) is 0 Å². The second kappa shape index (κ2) is 4.79. The van der Waals surface area contributed by atoms with Gasteiger partial charge in [-0.1, -0.05) is 6.07 Å². The van der Waals surface area contributed by atoms with Crippen molar-refractivity contribution in [3.8, 4) is 5.75 Å². The van der Waals surface area contributed by atoms with Crippen molar-refractivity contribution in [3.05, 3.63) is 33.4 Å². The normalized spacial score (nSPS) is 12.1. The van der Waals surface area contributed by atoms with E-state index in [1.807, 2.05) is 0 Å². The van der Waals surface area contributed by atoms with Gasteiger partial charge in [-0.2, -0.15) is 0 Å². The molecule has 1 aromatic rings. The molecule has 0 saturated carbocycles. The van der Waals surface area contributed by atoms with Crippen LogP contribution in [-0.4, -0.2) is 27.1 Å². The molecule has 0 amide bonds. The van der Waals surface area contributed by atoms with Crippen LogP contribution in [0.15, 0.2) is 12.1 Å². The van der Waals surface area contributed by atoms with Gasteiger partial charge in [0.15, 0.2) is 5.75 Å². The number of phenols is 1. The first-order chi connectivity index (χ1) is 7.84. The quantitative estimate of drug-likeness (QED) is 0.521. The first-order valence-corrected chi connectivity index (χ1v) is 4.78. The minimum Gasteiger partial charge on any atom is -0.502 e. The van der Waals surface area contributed by atoms with Gasteiger partial charge >= 0.3 is 11.7 Å². The Hall–Kier alpha value is -2.15. The van der Waals surface area contributed by atoms with Crippen molar-refractivity contribution < 1.29 is 19.9 Å². The number of rotatable bonds is 4. The number of carboxylic acids is 1. The van der Waals surface area contributed by atoms with Crippen molar-refractivity contribution in [1.29, 1.82) is 0 Å². The average molecular weight is 240 g/mol. The van der Waals surface area contributed by atoms with Crippen molar-refractivity contribution in [2.24, 2.45) is 5.73 Å². The third kappa shape index (κ3) is 2.70. The Morgan fingerprint density at radius 1 is 1.59 bits per heavy atom. The second-order valence-corrected chi connectivity index (χ2v) is 3.62. The number of nitrogens with zero attached hydrogens (tertiary/aromatic N) is 1. The Morgan fingerprint density at radius 3 is 2.65 bits per heavy atom. The van der Waals surface area contributed by atoms with Crippen LogP contribution < -0.4 is 5.73 Å². The molecule has 0 spiro atoms. The highest BCUT2D eigenvalue weighted by atomic mass is 16.6. The van der Waals surface area contributed by atoms with Crippen LogP contribution in [0.1, 0.15) is 11.1 Å². The van der Waals surface area contributed by atoms with E-state index in [2.05, 4.69) is 0 Å². The van der Waals surface area contributed by atoms with Crippen molar-refractivity contribution in [2.45, 2.75) is 19.4 Å². The van der Waals surface area contributed by atoms with Crippen LogP contribution in [0.2, 0.25) is 0 Å². The minimum atomic E-state index is -1.18. The third-order valence-electron chi connectivity index (χ3n) is 2.46. The van der Waals surface area contributed by atoms with E-state index in [1.54, 1.807) is 0 Å². The molecule has 4 N–H and O–H groups in total. The van der Waals surface area contributed by atoms with E-state index in [1.165, 1.54) is 13.0 Å². The molecular weight excluding hydrogens is 228 g/mol. The van der Waals surface area contributed by atoms with Crippen molar-refractivity contribution in [3.63, 3.8) is 0 Å². The van der Waals surface area contributed by atoms with Gasteiger partial charge in [0.05, 0.1) is 4.92 Å². The molecule has 0 unspecified atom stereocenters. The fourth-order valence-electron chi connectivity index (χ4n) is 1.50. The van der Waals surface area contributed by atoms with Gasteiger partial charge < -0.3 is 15.9 Å². The number of hydrogen-bond donors (Lipinski definition) is 3. The summed E-state index contributed by atoms with van der Waals surface area (Å²) in [4.78, 5) is 20.6. The second-order valence-electron chi connectivity index (χ2n) is 3.62. The van der Waals surface area contributed by atoms with Crippen molar-refractivity contribution >= 4 is 11.7 Å². The Kier molecular flexibility index (Phi) is 3.64. The summed E-state index contributed by atoms with van der Waals surface area (Å²) in [7, 11) is 0. The zero-order valence-electron chi connectivity index (χ0n) is 9.08. The lowest BCUT2D eigenvalue weighted by molar-refractivity contribution is -0.386. The van der Waals surface area contributed by atoms with Gasteiger partial charge in [0, 0.05) is 5.56 Å². The topological polar surface area (TPSA) is 127 Å². The lowest BCUT2D eigenvalue weighted by Gasteiger charge is -2.10. The standard InChI is InChI=1S/C10H12N2O5/c1-5-6(4-7(11)10(14)15)2-3-8(13)9(5)12(16)17/h2-3,7,13H,4,11H2,1H3,(H,14,15)/t7-/m0/s1. The molecule has 0 bridgehead atoms. The van der Waals surface area contributed by atoms with Crippen LogP contribution in [-0.2, 0) is 11.2 Å². The monoisotopic (exact) mass is 240 g/mol. The number of carbonyl (C=O) groups is 1. The summed E-state index contributed by atoms with van der Waals surface area (Å²) in [6, 6.07) is 1.47. The van der Waals surface area contributed by atoms with E-state index in [9.17, 15) is 20.0 Å². The lowest BCUT2D eigenvalue weighted by Crippen LogP contribution is -2.32. The summed E-state index contributed by atoms with van der Waals surface area (Å²) in [6.07, 6.45) is -0.0255. The molecule has 0 aliphatic heterocycles. The van der Waals surface area contributed by atoms with Gasteiger partial charge in [-0.05, 0) is 25.0 Å². The molecule has 7 nitrogen and oxygen atoms in total. The summed E-state index contributed by atoms with van der Waals surface area (Å²) in [5.74, 6) is -1.62. The molecule has 0 fully saturated rings. The molecule has 1 aromatic carbocycles. The highest BCUT2D eigenvalue weighted by molar-refractivity contribution is 5.73. The first kappa shape index (κ1) is 12.9. The number of nitro benzene ring substituents is 1.